The Labute approximate surface area is 35.9 Å². The molecule has 0 aliphatic carbocycles. The summed E-state index contributed by atoms with van der Waals surface area (Å²) in [5, 5.41) is 0. The molecule has 4 heavy (non-hydrogen) atoms. The third-order valence-electron chi connectivity index (χ3n) is 0.118. The van der Waals surface area contributed by atoms with E-state index in [0.717, 1.165) is 0 Å². The fraction of sp³-hybridized carbons (Fsp3) is 1.00. The first-order valence-electron chi connectivity index (χ1n) is 0.744. The molecule has 1 aliphatic heterocycles. The predicted octanol–water partition coefficient (Wildman–Crippen LogP) is -0.0968. The van der Waals surface area contributed by atoms with Crippen molar-refractivity contribution in [2.24, 2.45) is 0 Å². The van der Waals surface area contributed by atoms with Crippen molar-refractivity contribution in [3.8, 4) is 0 Å². The number of hydrogen-bond donors (Lipinski definition) is 0. The minimum absolute atomic E-state index is 0. The van der Waals surface area contributed by atoms with Gasteiger partial charge in [0.25, 0.3) is 0 Å². The molecule has 0 atom stereocenters. The maximum Gasteiger partial charge on any atom is 0.214 e. The molecule has 1 heterocycles. The molecular weight excluding hydrogens is 95.0 g/mol. The van der Waals surface area contributed by atoms with Crippen LogP contribution < -0.4 is 0 Å². The third-order valence-corrected chi connectivity index (χ3v) is 0.118. The molecule has 1 aliphatic rings. The second kappa shape index (κ2) is 1.79. The third kappa shape index (κ3) is 2.50. The minimum Gasteiger partial charge on any atom is -0.202 e. The second-order valence-electron chi connectivity index (χ2n) is 0.354. The van der Waals surface area contributed by atoms with Crippen molar-refractivity contribution in [2.75, 3.05) is 6.79 Å². The van der Waals surface area contributed by atoms with Gasteiger partial charge < -0.3 is 0 Å². The van der Waals surface area contributed by atoms with Crippen LogP contribution in [0.25, 0.3) is 0 Å². The van der Waals surface area contributed by atoms with Gasteiger partial charge in [-0.15, -0.1) is 0 Å². The van der Waals surface area contributed by atoms with Crippen LogP contribution in [0.2, 0.25) is 0 Å². The monoisotopic (exact) mass is 96.9 g/mol. The van der Waals surface area contributed by atoms with Gasteiger partial charge in [0.2, 0.25) is 6.79 Å². The maximum absolute atomic E-state index is 4.00. The Morgan fingerprint density at radius 2 is 1.50 bits per heavy atom. The van der Waals surface area contributed by atoms with Crippen LogP contribution in [0.1, 0.15) is 0 Å². The number of hydrogen-bond acceptors (Lipinski definition) is 2. The van der Waals surface area contributed by atoms with Gasteiger partial charge in [-0.3, -0.25) is 0 Å². The van der Waals surface area contributed by atoms with E-state index in [4.69, 9.17) is 0 Å². The van der Waals surface area contributed by atoms with E-state index in [2.05, 4.69) is 9.78 Å². The largest absolute Gasteiger partial charge is 0.214 e. The SMILES string of the molecule is C1OO1.[V]. The van der Waals surface area contributed by atoms with Crippen molar-refractivity contribution in [1.29, 1.82) is 0 Å². The van der Waals surface area contributed by atoms with E-state index in [9.17, 15) is 0 Å². The van der Waals surface area contributed by atoms with Gasteiger partial charge in [0.1, 0.15) is 0 Å². The summed E-state index contributed by atoms with van der Waals surface area (Å²) in [6.07, 6.45) is 0. The van der Waals surface area contributed by atoms with Gasteiger partial charge in [0.15, 0.2) is 0 Å². The summed E-state index contributed by atoms with van der Waals surface area (Å²) < 4.78 is 0. The quantitative estimate of drug-likeness (QED) is 0.311. The Morgan fingerprint density at radius 1 is 1.25 bits per heavy atom. The Bertz CT molecular complexity index is 10.8. The molecular formula is CH2O2V. The summed E-state index contributed by atoms with van der Waals surface area (Å²) in [7, 11) is 0. The van der Waals surface area contributed by atoms with Gasteiger partial charge in [-0.2, -0.15) is 0 Å². The Balaban J connectivity index is 0.0000000900. The summed E-state index contributed by atoms with van der Waals surface area (Å²) >= 11 is 0. The summed E-state index contributed by atoms with van der Waals surface area (Å²) in [5.74, 6) is 0. The maximum atomic E-state index is 4.00. The van der Waals surface area contributed by atoms with Crippen LogP contribution in [0.3, 0.4) is 0 Å². The van der Waals surface area contributed by atoms with Crippen LogP contribution in [-0.2, 0) is 28.3 Å². The van der Waals surface area contributed by atoms with E-state index in [1.165, 1.54) is 0 Å². The van der Waals surface area contributed by atoms with Crippen molar-refractivity contribution in [2.45, 2.75) is 0 Å². The zero-order valence-electron chi connectivity index (χ0n) is 1.97. The van der Waals surface area contributed by atoms with Gasteiger partial charge in [0, 0.05) is 18.6 Å². The van der Waals surface area contributed by atoms with Crippen LogP contribution in [0, 0.1) is 0 Å². The van der Waals surface area contributed by atoms with Gasteiger partial charge in [-0.25, -0.2) is 9.78 Å². The van der Waals surface area contributed by atoms with E-state index < -0.39 is 0 Å². The Morgan fingerprint density at radius 3 is 1.50 bits per heavy atom. The summed E-state index contributed by atoms with van der Waals surface area (Å²) in [4.78, 5) is 8.00. The summed E-state index contributed by atoms with van der Waals surface area (Å²) in [5.41, 5.74) is 0. The van der Waals surface area contributed by atoms with Gasteiger partial charge in [0.05, 0.1) is 0 Å². The van der Waals surface area contributed by atoms with Crippen LogP contribution in [0.4, 0.5) is 0 Å². The summed E-state index contributed by atoms with van der Waals surface area (Å²) in [6.45, 7) is 0.500. The zero-order chi connectivity index (χ0) is 2.12. The normalized spacial score (nSPS) is 18.0. The molecule has 0 aromatic heterocycles. The van der Waals surface area contributed by atoms with Crippen molar-refractivity contribution in [3.05, 3.63) is 0 Å². The van der Waals surface area contributed by atoms with Crippen LogP contribution in [0.15, 0.2) is 0 Å². The van der Waals surface area contributed by atoms with Gasteiger partial charge in [-0.05, 0) is 0 Å². The van der Waals surface area contributed by atoms with E-state index in [0.29, 0.717) is 6.79 Å². The molecule has 0 bridgehead atoms. The van der Waals surface area contributed by atoms with Crippen molar-refractivity contribution in [3.63, 3.8) is 0 Å². The molecule has 2 nitrogen and oxygen atoms in total. The molecule has 0 aromatic carbocycles. The molecule has 3 heteroatoms. The fourth-order valence-electron chi connectivity index (χ4n) is 0. The average Bonchev–Trinajstić information content (AvgIpc) is 1.46. The Hall–Kier alpha value is 0.504. The molecule has 1 rings (SSSR count). The molecule has 1 radical (unpaired) electrons. The molecule has 1 fully saturated rings. The molecule has 0 saturated carbocycles. The van der Waals surface area contributed by atoms with E-state index >= 15 is 0 Å². The van der Waals surface area contributed by atoms with Crippen LogP contribution in [0.5, 0.6) is 0 Å². The topological polar surface area (TPSA) is 25.1 Å². The minimum atomic E-state index is 0. The fourth-order valence-corrected chi connectivity index (χ4v) is 0. The molecule has 0 amide bonds. The molecule has 0 aromatic rings. The van der Waals surface area contributed by atoms with E-state index in [1.807, 2.05) is 0 Å². The van der Waals surface area contributed by atoms with Gasteiger partial charge >= 0.3 is 0 Å². The molecule has 0 N–H and O–H groups in total. The zero-order valence-corrected chi connectivity index (χ0v) is 3.37. The van der Waals surface area contributed by atoms with Gasteiger partial charge in [-0.1, -0.05) is 0 Å². The van der Waals surface area contributed by atoms with E-state index in [1.54, 1.807) is 0 Å². The molecule has 0 unspecified atom stereocenters. The molecule has 0 spiro atoms. The predicted molar refractivity (Wildman–Crippen MR) is 7.04 cm³/mol. The first-order valence-corrected chi connectivity index (χ1v) is 0.744. The Kier molecular flexibility index (Phi) is 2.02. The van der Waals surface area contributed by atoms with Crippen molar-refractivity contribution >= 4 is 0 Å². The smallest absolute Gasteiger partial charge is 0.202 e. The second-order valence-corrected chi connectivity index (χ2v) is 0.354. The first kappa shape index (κ1) is 4.50. The molecule has 1 saturated heterocycles. The standard InChI is InChI=1S/CH2O2.V/c1-2-3-1;/h1H2;. The van der Waals surface area contributed by atoms with E-state index in [-0.39, 0.29) is 18.6 Å². The van der Waals surface area contributed by atoms with Crippen LogP contribution >= 0.6 is 0 Å². The van der Waals surface area contributed by atoms with Crippen molar-refractivity contribution in [1.82, 2.24) is 0 Å². The summed E-state index contributed by atoms with van der Waals surface area (Å²) in [6, 6.07) is 0. The number of rotatable bonds is 0. The molecule has 23 valence electrons. The van der Waals surface area contributed by atoms with Crippen LogP contribution in [-0.4, -0.2) is 6.79 Å². The average molecular weight is 97.0 g/mol. The van der Waals surface area contributed by atoms with Crippen molar-refractivity contribution < 1.29 is 28.3 Å². The first-order chi connectivity index (χ1) is 1.50.